The summed E-state index contributed by atoms with van der Waals surface area (Å²) in [4.78, 5) is 7.86. The van der Waals surface area contributed by atoms with Crippen LogP contribution in [-0.2, 0) is 11.3 Å². The highest BCUT2D eigenvalue weighted by Crippen LogP contribution is 2.25. The molecule has 0 aliphatic carbocycles. The Morgan fingerprint density at radius 2 is 2.04 bits per heavy atom. The van der Waals surface area contributed by atoms with Crippen molar-refractivity contribution in [2.24, 2.45) is 4.99 Å². The van der Waals surface area contributed by atoms with Crippen LogP contribution in [0.15, 0.2) is 40.7 Å². The van der Waals surface area contributed by atoms with Gasteiger partial charge in [0.2, 0.25) is 0 Å². The second-order valence-corrected chi connectivity index (χ2v) is 7.20. The third kappa shape index (κ3) is 6.36. The van der Waals surface area contributed by atoms with Crippen molar-refractivity contribution in [3.05, 3.63) is 57.8 Å². The molecule has 1 fully saturated rings. The zero-order valence-electron chi connectivity index (χ0n) is 15.7. The average molecular weight is 522 g/mol. The lowest BCUT2D eigenvalue weighted by molar-refractivity contribution is 0.0177. The molecule has 1 aromatic carbocycles. The van der Waals surface area contributed by atoms with Crippen LogP contribution in [0.4, 0.5) is 8.78 Å². The van der Waals surface area contributed by atoms with E-state index in [1.165, 1.54) is 10.9 Å². The predicted octanol–water partition coefficient (Wildman–Crippen LogP) is 3.38. The molecule has 1 aliphatic heterocycles. The number of rotatable bonds is 6. The van der Waals surface area contributed by atoms with E-state index in [4.69, 9.17) is 4.74 Å². The quantitative estimate of drug-likeness (QED) is 0.347. The SMILES string of the molecule is CN=C(NCc1cc(F)ccc1F)NCC(c1cccs1)N1CCOCC1.I. The number of thiophene rings is 1. The van der Waals surface area contributed by atoms with Crippen LogP contribution >= 0.6 is 35.3 Å². The van der Waals surface area contributed by atoms with Gasteiger partial charge in [0.15, 0.2) is 5.96 Å². The molecule has 154 valence electrons. The first-order valence-corrected chi connectivity index (χ1v) is 9.79. The Kier molecular flexibility index (Phi) is 9.56. The Hall–Kier alpha value is -1.30. The summed E-state index contributed by atoms with van der Waals surface area (Å²) in [5.74, 6) is -0.348. The van der Waals surface area contributed by atoms with Crippen molar-refractivity contribution < 1.29 is 13.5 Å². The molecule has 2 heterocycles. The highest BCUT2D eigenvalue weighted by Gasteiger charge is 2.23. The minimum absolute atomic E-state index is 0. The maximum atomic E-state index is 13.8. The van der Waals surface area contributed by atoms with Crippen LogP contribution in [-0.4, -0.2) is 50.8 Å². The molecular formula is C19H25F2IN4OS. The van der Waals surface area contributed by atoms with Crippen molar-refractivity contribution in [1.29, 1.82) is 0 Å². The maximum Gasteiger partial charge on any atom is 0.191 e. The molecule has 5 nitrogen and oxygen atoms in total. The Bertz CT molecular complexity index is 754. The van der Waals surface area contributed by atoms with Crippen LogP contribution in [0.5, 0.6) is 0 Å². The zero-order valence-corrected chi connectivity index (χ0v) is 18.8. The van der Waals surface area contributed by atoms with Crippen LogP contribution in [0.2, 0.25) is 0 Å². The number of hydrogen-bond acceptors (Lipinski definition) is 4. The molecule has 0 amide bonds. The summed E-state index contributed by atoms with van der Waals surface area (Å²) in [6, 6.07) is 7.82. The van der Waals surface area contributed by atoms with Gasteiger partial charge in [-0.25, -0.2) is 8.78 Å². The lowest BCUT2D eigenvalue weighted by Crippen LogP contribution is -2.46. The van der Waals surface area contributed by atoms with Crippen molar-refractivity contribution in [1.82, 2.24) is 15.5 Å². The molecule has 0 radical (unpaired) electrons. The van der Waals surface area contributed by atoms with Gasteiger partial charge in [0.05, 0.1) is 19.3 Å². The molecule has 9 heteroatoms. The van der Waals surface area contributed by atoms with E-state index in [-0.39, 0.29) is 42.1 Å². The Labute approximate surface area is 185 Å². The van der Waals surface area contributed by atoms with E-state index in [0.29, 0.717) is 12.5 Å². The number of halogens is 3. The number of hydrogen-bond donors (Lipinski definition) is 2. The van der Waals surface area contributed by atoms with Gasteiger partial charge in [-0.15, -0.1) is 35.3 Å². The fourth-order valence-corrected chi connectivity index (χ4v) is 3.91. The number of benzene rings is 1. The Balaban J connectivity index is 0.00000280. The van der Waals surface area contributed by atoms with Crippen LogP contribution in [0, 0.1) is 11.6 Å². The fourth-order valence-electron chi connectivity index (χ4n) is 3.05. The van der Waals surface area contributed by atoms with Crippen molar-refractivity contribution in [2.75, 3.05) is 39.9 Å². The summed E-state index contributed by atoms with van der Waals surface area (Å²) in [5.41, 5.74) is 0.265. The molecule has 1 saturated heterocycles. The molecule has 1 aliphatic rings. The molecule has 3 rings (SSSR count). The summed E-state index contributed by atoms with van der Waals surface area (Å²) >= 11 is 1.72. The molecule has 28 heavy (non-hydrogen) atoms. The van der Waals surface area contributed by atoms with Gasteiger partial charge in [0, 0.05) is 43.7 Å². The Morgan fingerprint density at radius 3 is 2.71 bits per heavy atom. The van der Waals surface area contributed by atoms with Gasteiger partial charge in [-0.1, -0.05) is 6.07 Å². The standard InChI is InChI=1S/C19H24F2N4OS.HI/c1-22-19(23-12-14-11-15(20)4-5-16(14)21)24-13-17(18-3-2-10-27-18)25-6-8-26-9-7-25;/h2-5,10-11,17H,6-9,12-13H2,1H3,(H2,22,23,24);1H. The van der Waals surface area contributed by atoms with Crippen molar-refractivity contribution in [3.8, 4) is 0 Å². The van der Waals surface area contributed by atoms with Gasteiger partial charge in [-0.2, -0.15) is 0 Å². The summed E-state index contributed by atoms with van der Waals surface area (Å²) in [7, 11) is 1.66. The number of aliphatic imine (C=N–C) groups is 1. The first-order valence-electron chi connectivity index (χ1n) is 8.91. The van der Waals surface area contributed by atoms with E-state index in [1.807, 2.05) is 6.07 Å². The van der Waals surface area contributed by atoms with Crippen molar-refractivity contribution in [3.63, 3.8) is 0 Å². The first kappa shape index (κ1) is 23.0. The van der Waals surface area contributed by atoms with E-state index in [1.54, 1.807) is 18.4 Å². The summed E-state index contributed by atoms with van der Waals surface area (Å²) in [5, 5.41) is 8.43. The summed E-state index contributed by atoms with van der Waals surface area (Å²) in [6.07, 6.45) is 0. The predicted molar refractivity (Wildman–Crippen MR) is 119 cm³/mol. The van der Waals surface area contributed by atoms with Crippen LogP contribution in [0.3, 0.4) is 0 Å². The molecule has 0 bridgehead atoms. The molecule has 0 spiro atoms. The normalized spacial score (nSPS) is 16.3. The topological polar surface area (TPSA) is 48.9 Å². The third-order valence-corrected chi connectivity index (χ3v) is 5.47. The number of ether oxygens (including phenoxy) is 1. The van der Waals surface area contributed by atoms with Gasteiger partial charge in [0.1, 0.15) is 11.6 Å². The number of nitrogens with one attached hydrogen (secondary N) is 2. The second-order valence-electron chi connectivity index (χ2n) is 6.22. The first-order chi connectivity index (χ1) is 13.2. The molecule has 1 aromatic heterocycles. The zero-order chi connectivity index (χ0) is 19.1. The van der Waals surface area contributed by atoms with E-state index in [2.05, 4.69) is 32.0 Å². The second kappa shape index (κ2) is 11.6. The van der Waals surface area contributed by atoms with Crippen LogP contribution in [0.25, 0.3) is 0 Å². The minimum atomic E-state index is -0.457. The van der Waals surface area contributed by atoms with Crippen molar-refractivity contribution >= 4 is 41.3 Å². The smallest absolute Gasteiger partial charge is 0.191 e. The van der Waals surface area contributed by atoms with E-state index >= 15 is 0 Å². The highest BCUT2D eigenvalue weighted by molar-refractivity contribution is 14.0. The molecule has 2 aromatic rings. The fraction of sp³-hybridized carbons (Fsp3) is 0.421. The maximum absolute atomic E-state index is 13.8. The van der Waals surface area contributed by atoms with Gasteiger partial charge >= 0.3 is 0 Å². The van der Waals surface area contributed by atoms with Crippen LogP contribution < -0.4 is 10.6 Å². The average Bonchev–Trinajstić information content (AvgIpc) is 3.22. The number of guanidine groups is 1. The third-order valence-electron chi connectivity index (χ3n) is 4.50. The summed E-state index contributed by atoms with van der Waals surface area (Å²) < 4.78 is 32.6. The van der Waals surface area contributed by atoms with E-state index < -0.39 is 11.6 Å². The molecule has 2 N–H and O–H groups in total. The van der Waals surface area contributed by atoms with E-state index in [0.717, 1.165) is 38.4 Å². The lowest BCUT2D eigenvalue weighted by atomic mass is 10.2. The number of morpholine rings is 1. The molecule has 1 unspecified atom stereocenters. The molecule has 1 atom stereocenters. The number of nitrogens with zero attached hydrogens (tertiary/aromatic N) is 2. The van der Waals surface area contributed by atoms with Gasteiger partial charge in [-0.3, -0.25) is 9.89 Å². The van der Waals surface area contributed by atoms with Crippen molar-refractivity contribution in [2.45, 2.75) is 12.6 Å². The van der Waals surface area contributed by atoms with Crippen LogP contribution in [0.1, 0.15) is 16.5 Å². The largest absolute Gasteiger partial charge is 0.379 e. The highest BCUT2D eigenvalue weighted by atomic mass is 127. The van der Waals surface area contributed by atoms with Gasteiger partial charge in [-0.05, 0) is 29.6 Å². The van der Waals surface area contributed by atoms with E-state index in [9.17, 15) is 8.78 Å². The lowest BCUT2D eigenvalue weighted by Gasteiger charge is -2.34. The molecule has 0 saturated carbocycles. The summed E-state index contributed by atoms with van der Waals surface area (Å²) in [6.45, 7) is 4.03. The monoisotopic (exact) mass is 522 g/mol. The van der Waals surface area contributed by atoms with Gasteiger partial charge < -0.3 is 15.4 Å². The Morgan fingerprint density at radius 1 is 1.25 bits per heavy atom. The molecular weight excluding hydrogens is 497 g/mol. The minimum Gasteiger partial charge on any atom is -0.379 e. The van der Waals surface area contributed by atoms with Gasteiger partial charge in [0.25, 0.3) is 0 Å².